The normalized spacial score (nSPS) is 10.8. The highest BCUT2D eigenvalue weighted by atomic mass is 16.5. The molecule has 1 aromatic heterocycles. The fraction of sp³-hybridized carbons (Fsp3) is 0.214. The molecular formula is C28H30N4O3. The summed E-state index contributed by atoms with van der Waals surface area (Å²) in [5.74, 6) is 0.310. The van der Waals surface area contributed by atoms with E-state index in [0.717, 1.165) is 27.6 Å². The number of methoxy groups -OCH3 is 1. The molecule has 7 heteroatoms. The molecule has 2 amide bonds. The van der Waals surface area contributed by atoms with E-state index in [4.69, 9.17) is 10.5 Å². The molecule has 0 spiro atoms. The maximum absolute atomic E-state index is 13.1. The minimum atomic E-state index is -0.267. The molecule has 4 aromatic rings. The van der Waals surface area contributed by atoms with Crippen LogP contribution in [-0.4, -0.2) is 48.4 Å². The number of nitrogens with two attached hydrogens (primary N) is 1. The molecule has 3 aromatic carbocycles. The molecule has 0 aliphatic rings. The Morgan fingerprint density at radius 1 is 0.971 bits per heavy atom. The van der Waals surface area contributed by atoms with Gasteiger partial charge in [0, 0.05) is 53.4 Å². The number of H-pyrrole nitrogens is 1. The van der Waals surface area contributed by atoms with Gasteiger partial charge in [0.05, 0.1) is 13.7 Å². The van der Waals surface area contributed by atoms with Crippen LogP contribution in [0.25, 0.3) is 22.0 Å². The van der Waals surface area contributed by atoms with Crippen LogP contribution in [0.3, 0.4) is 0 Å². The van der Waals surface area contributed by atoms with Crippen molar-refractivity contribution in [1.29, 1.82) is 0 Å². The van der Waals surface area contributed by atoms with Gasteiger partial charge in [-0.25, -0.2) is 0 Å². The Hall–Kier alpha value is -4.10. The predicted octanol–water partition coefficient (Wildman–Crippen LogP) is 4.20. The second-order valence-corrected chi connectivity index (χ2v) is 8.26. The Balaban J connectivity index is 1.49. The Kier molecular flexibility index (Phi) is 7.80. The molecule has 0 saturated carbocycles. The lowest BCUT2D eigenvalue weighted by Gasteiger charge is -2.22. The van der Waals surface area contributed by atoms with E-state index in [9.17, 15) is 9.59 Å². The average Bonchev–Trinajstić information content (AvgIpc) is 3.30. The monoisotopic (exact) mass is 470 g/mol. The van der Waals surface area contributed by atoms with Crippen LogP contribution >= 0.6 is 0 Å². The molecule has 4 rings (SSSR count). The number of carbonyl (C=O) groups excluding carboxylic acids is 2. The number of nitrogens with zero attached hydrogens (tertiary/aromatic N) is 1. The van der Waals surface area contributed by atoms with Gasteiger partial charge in [-0.1, -0.05) is 54.6 Å². The van der Waals surface area contributed by atoms with Crippen LogP contribution in [0, 0.1) is 0 Å². The molecule has 0 saturated heterocycles. The molecule has 0 unspecified atom stereocenters. The van der Waals surface area contributed by atoms with Crippen molar-refractivity contribution in [3.63, 3.8) is 0 Å². The third-order valence-corrected chi connectivity index (χ3v) is 5.97. The number of para-hydroxylation sites is 3. The first-order valence-corrected chi connectivity index (χ1v) is 11.7. The summed E-state index contributed by atoms with van der Waals surface area (Å²) in [6, 6.07) is 23.2. The summed E-state index contributed by atoms with van der Waals surface area (Å²) in [6.45, 7) is 0.602. The fourth-order valence-corrected chi connectivity index (χ4v) is 4.22. The van der Waals surface area contributed by atoms with Crippen molar-refractivity contribution in [2.45, 2.75) is 12.8 Å². The van der Waals surface area contributed by atoms with E-state index in [2.05, 4.69) is 16.4 Å². The molecule has 7 nitrogen and oxygen atoms in total. The minimum absolute atomic E-state index is 0.0541. The van der Waals surface area contributed by atoms with Crippen LogP contribution in [-0.2, 0) is 16.0 Å². The first kappa shape index (κ1) is 24.0. The zero-order chi connectivity index (χ0) is 24.6. The quantitative estimate of drug-likeness (QED) is 0.323. The number of hydrogen-bond acceptors (Lipinski definition) is 4. The summed E-state index contributed by atoms with van der Waals surface area (Å²) in [4.78, 5) is 30.7. The highest BCUT2D eigenvalue weighted by Gasteiger charge is 2.19. The molecule has 0 radical (unpaired) electrons. The van der Waals surface area contributed by atoms with Crippen LogP contribution in [0.1, 0.15) is 12.0 Å². The van der Waals surface area contributed by atoms with Gasteiger partial charge in [0.1, 0.15) is 5.75 Å². The first-order chi connectivity index (χ1) is 17.1. The van der Waals surface area contributed by atoms with Crippen molar-refractivity contribution >= 4 is 28.4 Å². The standard InChI is InChI=1S/C28H30N4O3/c1-35-26-13-7-4-10-23(26)22-9-3-6-12-25(22)31-27(33)19-32(28(34)14-16-29)17-15-20-18-30-24-11-5-2-8-21(20)24/h2-13,18,30H,14-17,19,29H2,1H3,(H,31,33). The van der Waals surface area contributed by atoms with Crippen LogP contribution in [0.2, 0.25) is 0 Å². The Labute approximate surface area is 204 Å². The summed E-state index contributed by atoms with van der Waals surface area (Å²) in [5.41, 5.74) is 10.2. The smallest absolute Gasteiger partial charge is 0.244 e. The molecule has 0 fully saturated rings. The Morgan fingerprint density at radius 2 is 1.69 bits per heavy atom. The maximum Gasteiger partial charge on any atom is 0.244 e. The molecule has 35 heavy (non-hydrogen) atoms. The van der Waals surface area contributed by atoms with E-state index < -0.39 is 0 Å². The highest BCUT2D eigenvalue weighted by molar-refractivity contribution is 5.98. The average molecular weight is 471 g/mol. The van der Waals surface area contributed by atoms with Crippen molar-refractivity contribution in [1.82, 2.24) is 9.88 Å². The van der Waals surface area contributed by atoms with Gasteiger partial charge in [-0.15, -0.1) is 0 Å². The predicted molar refractivity (Wildman–Crippen MR) is 139 cm³/mol. The third-order valence-electron chi connectivity index (χ3n) is 5.97. The minimum Gasteiger partial charge on any atom is -0.496 e. The van der Waals surface area contributed by atoms with E-state index in [-0.39, 0.29) is 31.3 Å². The van der Waals surface area contributed by atoms with Crippen molar-refractivity contribution in [3.05, 3.63) is 84.6 Å². The van der Waals surface area contributed by atoms with E-state index in [1.165, 1.54) is 0 Å². The number of anilines is 1. The second kappa shape index (κ2) is 11.4. The number of aromatic amines is 1. The number of fused-ring (bicyclic) bond motifs is 1. The van der Waals surface area contributed by atoms with Gasteiger partial charge >= 0.3 is 0 Å². The van der Waals surface area contributed by atoms with Gasteiger partial charge in [-0.05, 0) is 30.2 Å². The van der Waals surface area contributed by atoms with E-state index in [1.807, 2.05) is 72.9 Å². The molecule has 4 N–H and O–H groups in total. The van der Waals surface area contributed by atoms with Gasteiger partial charge in [0.25, 0.3) is 0 Å². The molecule has 0 aliphatic heterocycles. The molecule has 0 bridgehead atoms. The number of aromatic nitrogens is 1. The largest absolute Gasteiger partial charge is 0.496 e. The van der Waals surface area contributed by atoms with Crippen LogP contribution in [0.5, 0.6) is 5.75 Å². The molecule has 0 atom stereocenters. The zero-order valence-electron chi connectivity index (χ0n) is 19.8. The molecule has 180 valence electrons. The summed E-state index contributed by atoms with van der Waals surface area (Å²) in [6.07, 6.45) is 2.78. The number of carbonyl (C=O) groups is 2. The van der Waals surface area contributed by atoms with Gasteiger partial charge < -0.3 is 25.7 Å². The SMILES string of the molecule is COc1ccccc1-c1ccccc1NC(=O)CN(CCc1c[nH]c2ccccc12)C(=O)CCN. The van der Waals surface area contributed by atoms with Crippen molar-refractivity contribution in [2.75, 3.05) is 32.1 Å². The van der Waals surface area contributed by atoms with E-state index in [1.54, 1.807) is 12.0 Å². The summed E-state index contributed by atoms with van der Waals surface area (Å²) < 4.78 is 5.50. The van der Waals surface area contributed by atoms with Crippen LogP contribution in [0.4, 0.5) is 5.69 Å². The summed E-state index contributed by atoms with van der Waals surface area (Å²) in [5, 5.41) is 4.10. The van der Waals surface area contributed by atoms with Crippen LogP contribution < -0.4 is 15.8 Å². The number of hydrogen-bond donors (Lipinski definition) is 3. The van der Waals surface area contributed by atoms with Crippen molar-refractivity contribution < 1.29 is 14.3 Å². The van der Waals surface area contributed by atoms with Crippen molar-refractivity contribution in [2.24, 2.45) is 5.73 Å². The number of ether oxygens (including phenoxy) is 1. The lowest BCUT2D eigenvalue weighted by Crippen LogP contribution is -2.40. The van der Waals surface area contributed by atoms with Crippen LogP contribution in [0.15, 0.2) is 79.0 Å². The first-order valence-electron chi connectivity index (χ1n) is 11.7. The van der Waals surface area contributed by atoms with Gasteiger partial charge in [-0.3, -0.25) is 9.59 Å². The highest BCUT2D eigenvalue weighted by Crippen LogP contribution is 2.34. The van der Waals surface area contributed by atoms with Gasteiger partial charge in [0.2, 0.25) is 11.8 Å². The molecule has 1 heterocycles. The lowest BCUT2D eigenvalue weighted by atomic mass is 10.0. The topological polar surface area (TPSA) is 100 Å². The van der Waals surface area contributed by atoms with Gasteiger partial charge in [-0.2, -0.15) is 0 Å². The fourth-order valence-electron chi connectivity index (χ4n) is 4.22. The van der Waals surface area contributed by atoms with E-state index in [0.29, 0.717) is 24.4 Å². The zero-order valence-corrected chi connectivity index (χ0v) is 19.8. The molecular weight excluding hydrogens is 440 g/mol. The maximum atomic E-state index is 13.1. The van der Waals surface area contributed by atoms with Crippen molar-refractivity contribution in [3.8, 4) is 16.9 Å². The second-order valence-electron chi connectivity index (χ2n) is 8.26. The summed E-state index contributed by atoms with van der Waals surface area (Å²) in [7, 11) is 1.62. The summed E-state index contributed by atoms with van der Waals surface area (Å²) >= 11 is 0. The van der Waals surface area contributed by atoms with E-state index >= 15 is 0 Å². The number of benzene rings is 3. The third kappa shape index (κ3) is 5.70. The number of rotatable bonds is 10. The Bertz CT molecular complexity index is 1310. The number of amides is 2. The number of nitrogens with one attached hydrogen (secondary N) is 2. The Morgan fingerprint density at radius 3 is 2.49 bits per heavy atom. The van der Waals surface area contributed by atoms with Gasteiger partial charge in [0.15, 0.2) is 0 Å². The lowest BCUT2D eigenvalue weighted by molar-refractivity contribution is -0.134. The molecule has 0 aliphatic carbocycles.